The number of hydrogen-bond donors (Lipinski definition) is 2. The molecule has 2 N–H and O–H groups in total. The van der Waals surface area contributed by atoms with Gasteiger partial charge in [-0.1, -0.05) is 54.9 Å². The largest absolute Gasteiger partial charge is 0.322 e. The molecule has 0 fully saturated rings. The molecule has 0 aliphatic rings. The number of rotatable bonds is 8. The standard InChI is InChI=1S/C29H30ClN5O2/c1-4-16-34(29(37)31-24-13-10-20(2)21(3)17-24)19-28(36)32-27-18-26(22-8-6-5-7-9-22)33-35(27)25-14-11-23(30)12-15-25/h5-15,17-18H,4,16,19H2,1-3H3,(H,31,37)(H,32,36). The number of anilines is 2. The molecule has 7 nitrogen and oxygen atoms in total. The molecule has 37 heavy (non-hydrogen) atoms. The Morgan fingerprint density at radius 2 is 1.65 bits per heavy atom. The van der Waals surface area contributed by atoms with Gasteiger partial charge in [0.1, 0.15) is 12.4 Å². The van der Waals surface area contributed by atoms with Crippen LogP contribution in [0.2, 0.25) is 5.02 Å². The molecule has 0 aliphatic carbocycles. The molecule has 3 aromatic carbocycles. The molecule has 4 aromatic rings. The van der Waals surface area contributed by atoms with Crippen LogP contribution in [0.25, 0.3) is 16.9 Å². The first kappa shape index (κ1) is 26.0. The van der Waals surface area contributed by atoms with E-state index in [1.54, 1.807) is 16.8 Å². The molecule has 0 bridgehead atoms. The molecular weight excluding hydrogens is 486 g/mol. The van der Waals surface area contributed by atoms with E-state index in [2.05, 4.69) is 10.6 Å². The zero-order chi connectivity index (χ0) is 26.4. The Hall–Kier alpha value is -4.10. The Balaban J connectivity index is 1.54. The molecule has 0 spiro atoms. The van der Waals surface area contributed by atoms with Gasteiger partial charge < -0.3 is 15.5 Å². The molecule has 4 rings (SSSR count). The van der Waals surface area contributed by atoms with Crippen LogP contribution in [-0.2, 0) is 4.79 Å². The maximum absolute atomic E-state index is 13.1. The molecule has 0 saturated carbocycles. The van der Waals surface area contributed by atoms with E-state index in [4.69, 9.17) is 16.7 Å². The Morgan fingerprint density at radius 3 is 2.32 bits per heavy atom. The Bertz CT molecular complexity index is 1380. The average molecular weight is 516 g/mol. The highest BCUT2D eigenvalue weighted by atomic mass is 35.5. The number of hydrogen-bond acceptors (Lipinski definition) is 3. The van der Waals surface area contributed by atoms with Crippen molar-refractivity contribution in [3.8, 4) is 16.9 Å². The molecule has 0 atom stereocenters. The molecule has 0 saturated heterocycles. The van der Waals surface area contributed by atoms with Gasteiger partial charge in [0.05, 0.1) is 11.4 Å². The quantitative estimate of drug-likeness (QED) is 0.274. The minimum absolute atomic E-state index is 0.100. The Labute approximate surface area is 222 Å². The second-order valence-electron chi connectivity index (χ2n) is 8.87. The number of nitrogens with zero attached hydrogens (tertiary/aromatic N) is 3. The molecule has 1 aromatic heterocycles. The van der Waals surface area contributed by atoms with E-state index < -0.39 is 0 Å². The van der Waals surface area contributed by atoms with Crippen molar-refractivity contribution >= 4 is 35.0 Å². The fourth-order valence-corrected chi connectivity index (χ4v) is 4.02. The monoisotopic (exact) mass is 515 g/mol. The maximum Gasteiger partial charge on any atom is 0.322 e. The number of urea groups is 1. The summed E-state index contributed by atoms with van der Waals surface area (Å²) in [6, 6.07) is 24.2. The van der Waals surface area contributed by atoms with Crippen molar-refractivity contribution in [1.29, 1.82) is 0 Å². The number of aromatic nitrogens is 2. The normalized spacial score (nSPS) is 10.7. The van der Waals surface area contributed by atoms with Crippen molar-refractivity contribution in [3.05, 3.63) is 95.0 Å². The first-order valence-electron chi connectivity index (χ1n) is 12.2. The summed E-state index contributed by atoms with van der Waals surface area (Å²) in [5, 5.41) is 11.2. The van der Waals surface area contributed by atoms with Crippen molar-refractivity contribution in [1.82, 2.24) is 14.7 Å². The van der Waals surface area contributed by atoms with Gasteiger partial charge in [0.15, 0.2) is 0 Å². The summed E-state index contributed by atoms with van der Waals surface area (Å²) < 4.78 is 1.66. The van der Waals surface area contributed by atoms with Crippen molar-refractivity contribution in [2.75, 3.05) is 23.7 Å². The van der Waals surface area contributed by atoms with E-state index >= 15 is 0 Å². The fourth-order valence-electron chi connectivity index (χ4n) is 3.90. The molecule has 0 radical (unpaired) electrons. The van der Waals surface area contributed by atoms with Crippen LogP contribution in [0.5, 0.6) is 0 Å². The van der Waals surface area contributed by atoms with Gasteiger partial charge in [-0.05, 0) is 67.8 Å². The van der Waals surface area contributed by atoms with Gasteiger partial charge in [0.25, 0.3) is 0 Å². The highest BCUT2D eigenvalue weighted by molar-refractivity contribution is 6.30. The zero-order valence-corrected chi connectivity index (χ0v) is 21.9. The van der Waals surface area contributed by atoms with Crippen LogP contribution in [0.1, 0.15) is 24.5 Å². The highest BCUT2D eigenvalue weighted by Crippen LogP contribution is 2.25. The van der Waals surface area contributed by atoms with Crippen molar-refractivity contribution < 1.29 is 9.59 Å². The molecule has 3 amide bonds. The number of carbonyl (C=O) groups is 2. The lowest BCUT2D eigenvalue weighted by Gasteiger charge is -2.22. The van der Waals surface area contributed by atoms with Gasteiger partial charge in [0.2, 0.25) is 5.91 Å². The summed E-state index contributed by atoms with van der Waals surface area (Å²) in [7, 11) is 0. The number of carbonyl (C=O) groups excluding carboxylic acids is 2. The molecule has 8 heteroatoms. The predicted molar refractivity (Wildman–Crippen MR) is 149 cm³/mol. The van der Waals surface area contributed by atoms with E-state index in [9.17, 15) is 9.59 Å². The van der Waals surface area contributed by atoms with Crippen LogP contribution in [0.15, 0.2) is 78.9 Å². The average Bonchev–Trinajstić information content (AvgIpc) is 3.30. The van der Waals surface area contributed by atoms with Crippen molar-refractivity contribution in [2.24, 2.45) is 0 Å². The summed E-state index contributed by atoms with van der Waals surface area (Å²) in [6.07, 6.45) is 0.717. The second kappa shape index (κ2) is 11.8. The van der Waals surface area contributed by atoms with E-state index in [0.29, 0.717) is 35.2 Å². The van der Waals surface area contributed by atoms with Crippen LogP contribution in [0, 0.1) is 13.8 Å². The Kier molecular flexibility index (Phi) is 8.25. The summed E-state index contributed by atoms with van der Waals surface area (Å²) in [4.78, 5) is 27.6. The number of benzene rings is 3. The van der Waals surface area contributed by atoms with E-state index in [-0.39, 0.29) is 18.5 Å². The number of amides is 3. The fraction of sp³-hybridized carbons (Fsp3) is 0.207. The first-order valence-corrected chi connectivity index (χ1v) is 12.6. The number of halogens is 1. The van der Waals surface area contributed by atoms with Crippen molar-refractivity contribution in [3.63, 3.8) is 0 Å². The first-order chi connectivity index (χ1) is 17.8. The van der Waals surface area contributed by atoms with Gasteiger partial charge in [-0.2, -0.15) is 5.10 Å². The zero-order valence-electron chi connectivity index (χ0n) is 21.2. The highest BCUT2D eigenvalue weighted by Gasteiger charge is 2.19. The van der Waals surface area contributed by atoms with Gasteiger partial charge in [0, 0.05) is 28.9 Å². The lowest BCUT2D eigenvalue weighted by atomic mass is 10.1. The predicted octanol–water partition coefficient (Wildman–Crippen LogP) is 6.69. The van der Waals surface area contributed by atoms with Gasteiger partial charge in [-0.25, -0.2) is 9.48 Å². The molecule has 190 valence electrons. The molecule has 0 unspecified atom stereocenters. The number of nitrogens with one attached hydrogen (secondary N) is 2. The summed E-state index contributed by atoms with van der Waals surface area (Å²) in [6.45, 7) is 6.32. The molecular formula is C29H30ClN5O2. The van der Waals surface area contributed by atoms with Crippen LogP contribution in [-0.4, -0.2) is 39.7 Å². The third-order valence-electron chi connectivity index (χ3n) is 5.99. The van der Waals surface area contributed by atoms with Crippen LogP contribution in [0.4, 0.5) is 16.3 Å². The molecule has 0 aliphatic heterocycles. The minimum atomic E-state index is -0.323. The summed E-state index contributed by atoms with van der Waals surface area (Å²) in [5.41, 5.74) is 5.31. The summed E-state index contributed by atoms with van der Waals surface area (Å²) in [5.74, 6) is 0.176. The smallest absolute Gasteiger partial charge is 0.315 e. The number of aryl methyl sites for hydroxylation is 2. The van der Waals surface area contributed by atoms with Gasteiger partial charge in [-0.3, -0.25) is 4.79 Å². The van der Waals surface area contributed by atoms with Gasteiger partial charge in [-0.15, -0.1) is 0 Å². The van der Waals surface area contributed by atoms with Gasteiger partial charge >= 0.3 is 6.03 Å². The van der Waals surface area contributed by atoms with Crippen LogP contribution < -0.4 is 10.6 Å². The van der Waals surface area contributed by atoms with Crippen LogP contribution in [0.3, 0.4) is 0 Å². The van der Waals surface area contributed by atoms with E-state index in [1.807, 2.05) is 87.5 Å². The third-order valence-corrected chi connectivity index (χ3v) is 6.24. The van der Waals surface area contributed by atoms with Crippen molar-refractivity contribution in [2.45, 2.75) is 27.2 Å². The Morgan fingerprint density at radius 1 is 0.919 bits per heavy atom. The van der Waals surface area contributed by atoms with E-state index in [1.165, 1.54) is 4.90 Å². The maximum atomic E-state index is 13.1. The minimum Gasteiger partial charge on any atom is -0.315 e. The SMILES string of the molecule is CCCN(CC(=O)Nc1cc(-c2ccccc2)nn1-c1ccc(Cl)cc1)C(=O)Nc1ccc(C)c(C)c1. The topological polar surface area (TPSA) is 79.3 Å². The lowest BCUT2D eigenvalue weighted by Crippen LogP contribution is -2.41. The lowest BCUT2D eigenvalue weighted by molar-refractivity contribution is -0.116. The second-order valence-corrected chi connectivity index (χ2v) is 9.30. The summed E-state index contributed by atoms with van der Waals surface area (Å²) >= 11 is 6.07. The molecule has 1 heterocycles. The van der Waals surface area contributed by atoms with E-state index in [0.717, 1.165) is 22.4 Å². The van der Waals surface area contributed by atoms with Crippen LogP contribution >= 0.6 is 11.6 Å². The third kappa shape index (κ3) is 6.57.